The van der Waals surface area contributed by atoms with Crippen LogP contribution in [-0.2, 0) is 4.74 Å². The molecule has 1 rings (SSSR count). The van der Waals surface area contributed by atoms with Gasteiger partial charge in [-0.1, -0.05) is 5.92 Å². The highest BCUT2D eigenvalue weighted by atomic mass is 16.5. The van der Waals surface area contributed by atoms with Crippen molar-refractivity contribution in [3.8, 4) is 29.1 Å². The molecule has 108 valence electrons. The third-order valence-electron chi connectivity index (χ3n) is 2.36. The maximum atomic E-state index is 11.5. The molecule has 1 N–H and O–H groups in total. The third kappa shape index (κ3) is 3.99. The van der Waals surface area contributed by atoms with Crippen molar-refractivity contribution in [1.29, 1.82) is 0 Å². The number of anilines is 1. The molecule has 0 aliphatic heterocycles. The van der Waals surface area contributed by atoms with Crippen molar-refractivity contribution in [3.63, 3.8) is 0 Å². The van der Waals surface area contributed by atoms with Gasteiger partial charge in [0.25, 0.3) is 0 Å². The summed E-state index contributed by atoms with van der Waals surface area (Å²) in [6.07, 6.45) is -0.609. The molecule has 6 heteroatoms. The van der Waals surface area contributed by atoms with Crippen LogP contribution in [0.15, 0.2) is 12.1 Å². The summed E-state index contributed by atoms with van der Waals surface area (Å²) in [5.41, 5.74) is 0.467. The van der Waals surface area contributed by atoms with Crippen molar-refractivity contribution in [1.82, 2.24) is 0 Å². The summed E-state index contributed by atoms with van der Waals surface area (Å²) in [4.78, 5) is 11.5. The molecule has 6 nitrogen and oxygen atoms in total. The highest BCUT2D eigenvalue weighted by Gasteiger charge is 2.14. The number of ether oxygens (including phenoxy) is 4. The summed E-state index contributed by atoms with van der Waals surface area (Å²) >= 11 is 0. The largest absolute Gasteiger partial charge is 0.493 e. The van der Waals surface area contributed by atoms with Crippen LogP contribution in [0.3, 0.4) is 0 Å². The van der Waals surface area contributed by atoms with Gasteiger partial charge in [-0.25, -0.2) is 4.79 Å². The van der Waals surface area contributed by atoms with Crippen LogP contribution in [0.5, 0.6) is 17.2 Å². The lowest BCUT2D eigenvalue weighted by atomic mass is 10.2. The minimum atomic E-state index is -0.609. The fourth-order valence-electron chi connectivity index (χ4n) is 1.48. The molecular weight excluding hydrogens is 262 g/mol. The van der Waals surface area contributed by atoms with E-state index in [1.807, 2.05) is 0 Å². The molecule has 20 heavy (non-hydrogen) atoms. The number of rotatable bonds is 5. The fraction of sp³-hybridized carbons (Fsp3) is 0.357. The second kappa shape index (κ2) is 7.79. The molecule has 0 spiro atoms. The fourth-order valence-corrected chi connectivity index (χ4v) is 1.48. The van der Waals surface area contributed by atoms with E-state index in [2.05, 4.69) is 17.2 Å². The molecule has 0 aliphatic carbocycles. The number of carbonyl (C=O) groups excluding carboxylic acids is 1. The number of nitrogens with one attached hydrogen (secondary N) is 1. The molecule has 0 unspecified atom stereocenters. The summed E-state index contributed by atoms with van der Waals surface area (Å²) in [6.45, 7) is 1.70. The third-order valence-corrected chi connectivity index (χ3v) is 2.36. The molecule has 1 amide bonds. The van der Waals surface area contributed by atoms with Gasteiger partial charge in [0, 0.05) is 12.1 Å². The van der Waals surface area contributed by atoms with Gasteiger partial charge in [-0.2, -0.15) is 0 Å². The monoisotopic (exact) mass is 279 g/mol. The van der Waals surface area contributed by atoms with Gasteiger partial charge in [0.1, 0.15) is 0 Å². The molecule has 0 aliphatic rings. The minimum Gasteiger partial charge on any atom is -0.493 e. The van der Waals surface area contributed by atoms with E-state index >= 15 is 0 Å². The summed E-state index contributed by atoms with van der Waals surface area (Å²) in [7, 11) is 4.50. The van der Waals surface area contributed by atoms with Crippen molar-refractivity contribution in [2.45, 2.75) is 6.92 Å². The second-order valence-corrected chi connectivity index (χ2v) is 3.54. The lowest BCUT2D eigenvalue weighted by molar-refractivity contribution is 0.176. The molecule has 0 bridgehead atoms. The topological polar surface area (TPSA) is 66.0 Å². The quantitative estimate of drug-likeness (QED) is 0.838. The lowest BCUT2D eigenvalue weighted by Crippen LogP contribution is -2.14. The predicted molar refractivity (Wildman–Crippen MR) is 74.5 cm³/mol. The van der Waals surface area contributed by atoms with Gasteiger partial charge in [0.2, 0.25) is 5.75 Å². The molecule has 0 radical (unpaired) electrons. The molecule has 0 heterocycles. The van der Waals surface area contributed by atoms with Gasteiger partial charge in [0.15, 0.2) is 18.1 Å². The van der Waals surface area contributed by atoms with Crippen LogP contribution >= 0.6 is 0 Å². The molecule has 1 aromatic rings. The number of methoxy groups -OCH3 is 3. The summed E-state index contributed by atoms with van der Waals surface area (Å²) in [5, 5.41) is 2.56. The Hall–Kier alpha value is -2.55. The number of benzene rings is 1. The van der Waals surface area contributed by atoms with Crippen LogP contribution in [0.2, 0.25) is 0 Å². The van der Waals surface area contributed by atoms with E-state index in [0.717, 1.165) is 0 Å². The SMILES string of the molecule is CC#CCOC(=O)Nc1cc(OC)c(OC)c(OC)c1. The van der Waals surface area contributed by atoms with Gasteiger partial charge < -0.3 is 18.9 Å². The van der Waals surface area contributed by atoms with Crippen LogP contribution in [-0.4, -0.2) is 34.0 Å². The number of hydrogen-bond donors (Lipinski definition) is 1. The van der Waals surface area contributed by atoms with Gasteiger partial charge in [-0.05, 0) is 6.92 Å². The van der Waals surface area contributed by atoms with E-state index in [0.29, 0.717) is 22.9 Å². The standard InChI is InChI=1S/C14H17NO5/c1-5-6-7-20-14(16)15-10-8-11(17-2)13(19-4)12(9-10)18-3/h8-9H,7H2,1-4H3,(H,15,16). The zero-order chi connectivity index (χ0) is 15.0. The van der Waals surface area contributed by atoms with Crippen LogP contribution in [0.4, 0.5) is 10.5 Å². The van der Waals surface area contributed by atoms with Crippen molar-refractivity contribution >= 4 is 11.8 Å². The first kappa shape index (κ1) is 15.5. The molecule has 1 aromatic carbocycles. The van der Waals surface area contributed by atoms with Gasteiger partial charge in [0.05, 0.1) is 27.0 Å². The van der Waals surface area contributed by atoms with Crippen LogP contribution in [0.1, 0.15) is 6.92 Å². The molecular formula is C14H17NO5. The highest BCUT2D eigenvalue weighted by Crippen LogP contribution is 2.39. The Morgan fingerprint density at radius 3 is 2.20 bits per heavy atom. The first-order valence-corrected chi connectivity index (χ1v) is 5.79. The van der Waals surface area contributed by atoms with E-state index in [-0.39, 0.29) is 6.61 Å². The molecule has 0 aromatic heterocycles. The molecule has 0 atom stereocenters. The Kier molecular flexibility index (Phi) is 6.04. The highest BCUT2D eigenvalue weighted by molar-refractivity contribution is 5.86. The molecule has 0 saturated carbocycles. The summed E-state index contributed by atoms with van der Waals surface area (Å²) in [6, 6.07) is 3.21. The van der Waals surface area contributed by atoms with E-state index in [9.17, 15) is 4.79 Å². The Morgan fingerprint density at radius 2 is 1.75 bits per heavy atom. The average molecular weight is 279 g/mol. The second-order valence-electron chi connectivity index (χ2n) is 3.54. The summed E-state index contributed by atoms with van der Waals surface area (Å²) < 4.78 is 20.4. The van der Waals surface area contributed by atoms with E-state index in [1.165, 1.54) is 21.3 Å². The van der Waals surface area contributed by atoms with Crippen molar-refractivity contribution < 1.29 is 23.7 Å². The Labute approximate surface area is 118 Å². The van der Waals surface area contributed by atoms with Gasteiger partial charge in [-0.3, -0.25) is 5.32 Å². The van der Waals surface area contributed by atoms with Crippen LogP contribution < -0.4 is 19.5 Å². The first-order valence-electron chi connectivity index (χ1n) is 5.79. The van der Waals surface area contributed by atoms with Crippen molar-refractivity contribution in [2.75, 3.05) is 33.3 Å². The maximum Gasteiger partial charge on any atom is 0.412 e. The Morgan fingerprint density at radius 1 is 1.15 bits per heavy atom. The predicted octanol–water partition coefficient (Wildman–Crippen LogP) is 2.28. The number of hydrogen-bond acceptors (Lipinski definition) is 5. The maximum absolute atomic E-state index is 11.5. The number of carbonyl (C=O) groups is 1. The molecule has 0 fully saturated rings. The van der Waals surface area contributed by atoms with Crippen molar-refractivity contribution in [2.24, 2.45) is 0 Å². The molecule has 0 saturated heterocycles. The lowest BCUT2D eigenvalue weighted by Gasteiger charge is -2.14. The van der Waals surface area contributed by atoms with Crippen LogP contribution in [0.25, 0.3) is 0 Å². The zero-order valence-corrected chi connectivity index (χ0v) is 11.9. The average Bonchev–Trinajstić information content (AvgIpc) is 2.46. The zero-order valence-electron chi connectivity index (χ0n) is 11.9. The minimum absolute atomic E-state index is 0.0345. The Balaban J connectivity index is 2.89. The van der Waals surface area contributed by atoms with Crippen LogP contribution in [0, 0.1) is 11.8 Å². The van der Waals surface area contributed by atoms with E-state index in [4.69, 9.17) is 18.9 Å². The van der Waals surface area contributed by atoms with E-state index < -0.39 is 6.09 Å². The van der Waals surface area contributed by atoms with Crippen molar-refractivity contribution in [3.05, 3.63) is 12.1 Å². The smallest absolute Gasteiger partial charge is 0.412 e. The summed E-state index contributed by atoms with van der Waals surface area (Å²) in [5.74, 6) is 6.58. The Bertz CT molecular complexity index is 505. The van der Waals surface area contributed by atoms with Gasteiger partial charge in [-0.15, -0.1) is 5.92 Å². The van der Waals surface area contributed by atoms with E-state index in [1.54, 1.807) is 19.1 Å². The number of amides is 1. The van der Waals surface area contributed by atoms with Gasteiger partial charge >= 0.3 is 6.09 Å². The normalized spacial score (nSPS) is 9.00. The first-order chi connectivity index (χ1) is 9.65.